The van der Waals surface area contributed by atoms with Crippen LogP contribution in [-0.2, 0) is 17.1 Å². The number of carbonyl (C=O) groups is 2. The molecular weight excluding hydrogens is 708 g/mol. The van der Waals surface area contributed by atoms with Crippen LogP contribution >= 0.6 is 11.6 Å². The average molecular weight is 742 g/mol. The van der Waals surface area contributed by atoms with Crippen molar-refractivity contribution in [2.75, 3.05) is 45.9 Å². The summed E-state index contributed by atoms with van der Waals surface area (Å²) < 4.78 is 87.3. The van der Waals surface area contributed by atoms with Gasteiger partial charge in [0.1, 0.15) is 6.61 Å². The van der Waals surface area contributed by atoms with E-state index in [0.717, 1.165) is 27.8 Å². The fraction of sp³-hybridized carbons (Fsp3) is 0.333. The number of likely N-dealkylation sites (tertiary alicyclic amines) is 1. The largest absolute Gasteiger partial charge is 0.448 e. The molecule has 1 aliphatic carbocycles. The third kappa shape index (κ3) is 7.23. The molecular formula is C39H34ClF6N3O3. The first kappa shape index (κ1) is 35.8. The Kier molecular flexibility index (Phi) is 9.73. The highest BCUT2D eigenvalue weighted by molar-refractivity contribution is 6.30. The van der Waals surface area contributed by atoms with Crippen molar-refractivity contribution in [3.05, 3.63) is 129 Å². The van der Waals surface area contributed by atoms with Crippen molar-refractivity contribution in [3.8, 4) is 11.1 Å². The molecule has 4 aromatic rings. The predicted molar refractivity (Wildman–Crippen MR) is 183 cm³/mol. The van der Waals surface area contributed by atoms with Crippen LogP contribution in [0.5, 0.6) is 0 Å². The lowest BCUT2D eigenvalue weighted by molar-refractivity contribution is -0.143. The van der Waals surface area contributed by atoms with Gasteiger partial charge in [0, 0.05) is 67.7 Å². The molecule has 0 saturated carbocycles. The lowest BCUT2D eigenvalue weighted by Crippen LogP contribution is -2.57. The van der Waals surface area contributed by atoms with E-state index in [1.807, 2.05) is 36.4 Å². The van der Waals surface area contributed by atoms with Crippen LogP contribution in [-0.4, -0.2) is 78.6 Å². The van der Waals surface area contributed by atoms with Gasteiger partial charge >= 0.3 is 18.4 Å². The molecule has 2 aliphatic heterocycles. The van der Waals surface area contributed by atoms with Crippen molar-refractivity contribution in [2.24, 2.45) is 0 Å². The van der Waals surface area contributed by atoms with Gasteiger partial charge in [-0.05, 0) is 64.6 Å². The SMILES string of the molecule is O=C(OCC1c2ccccc2-c2ccccc21)N1CCN(C2CCN(C(=O)c3cc(C(F)(F)F)cc(C(F)(F)F)c3)CC2c2ccc(Cl)cc2)CC1. The van der Waals surface area contributed by atoms with Crippen molar-refractivity contribution in [1.29, 1.82) is 0 Å². The van der Waals surface area contributed by atoms with E-state index in [-0.39, 0.29) is 43.6 Å². The fourth-order valence-corrected chi connectivity index (χ4v) is 7.91. The molecule has 2 unspecified atom stereocenters. The molecule has 272 valence electrons. The molecule has 3 aliphatic rings. The van der Waals surface area contributed by atoms with Gasteiger partial charge in [-0.3, -0.25) is 9.69 Å². The Hall–Kier alpha value is -4.55. The number of piperazine rings is 1. The second-order valence-electron chi connectivity index (χ2n) is 13.4. The topological polar surface area (TPSA) is 53.1 Å². The fourth-order valence-electron chi connectivity index (χ4n) is 7.78. The second-order valence-corrected chi connectivity index (χ2v) is 13.8. The number of nitrogens with zero attached hydrogens (tertiary/aromatic N) is 3. The van der Waals surface area contributed by atoms with E-state index in [1.165, 1.54) is 4.90 Å². The van der Waals surface area contributed by atoms with E-state index in [4.69, 9.17) is 16.3 Å². The highest BCUT2D eigenvalue weighted by Crippen LogP contribution is 2.45. The zero-order chi connectivity index (χ0) is 36.8. The molecule has 0 spiro atoms. The molecule has 0 bridgehead atoms. The summed E-state index contributed by atoms with van der Waals surface area (Å²) >= 11 is 6.15. The number of alkyl halides is 6. The highest BCUT2D eigenvalue weighted by atomic mass is 35.5. The van der Waals surface area contributed by atoms with E-state index >= 15 is 0 Å². The number of halogens is 7. The molecule has 2 fully saturated rings. The minimum atomic E-state index is -5.07. The summed E-state index contributed by atoms with van der Waals surface area (Å²) in [6, 6.07) is 24.1. The number of amides is 2. The zero-order valence-electron chi connectivity index (χ0n) is 27.8. The van der Waals surface area contributed by atoms with Gasteiger partial charge in [0.2, 0.25) is 0 Å². The molecule has 2 atom stereocenters. The number of hydrogen-bond donors (Lipinski definition) is 0. The monoisotopic (exact) mass is 741 g/mol. The van der Waals surface area contributed by atoms with Crippen molar-refractivity contribution >= 4 is 23.6 Å². The van der Waals surface area contributed by atoms with Gasteiger partial charge in [0.05, 0.1) is 11.1 Å². The molecule has 52 heavy (non-hydrogen) atoms. The Morgan fingerprint density at radius 2 is 1.27 bits per heavy atom. The number of fused-ring (bicyclic) bond motifs is 3. The van der Waals surface area contributed by atoms with Gasteiger partial charge in [0.25, 0.3) is 5.91 Å². The maximum absolute atomic E-state index is 13.6. The quantitative estimate of drug-likeness (QED) is 0.192. The predicted octanol–water partition coefficient (Wildman–Crippen LogP) is 8.94. The Balaban J connectivity index is 1.03. The number of piperidine rings is 1. The molecule has 13 heteroatoms. The maximum Gasteiger partial charge on any atom is 0.416 e. The number of benzene rings is 4. The molecule has 7 rings (SSSR count). The third-order valence-electron chi connectivity index (χ3n) is 10.4. The molecule has 2 amide bonds. The molecule has 4 aromatic carbocycles. The lowest BCUT2D eigenvalue weighted by Gasteiger charge is -2.46. The van der Waals surface area contributed by atoms with Crippen LogP contribution in [0.4, 0.5) is 31.1 Å². The zero-order valence-corrected chi connectivity index (χ0v) is 28.5. The first-order valence-corrected chi connectivity index (χ1v) is 17.3. The summed E-state index contributed by atoms with van der Waals surface area (Å²) in [4.78, 5) is 32.1. The van der Waals surface area contributed by atoms with Crippen LogP contribution < -0.4 is 0 Å². The second kappa shape index (κ2) is 14.1. The lowest BCUT2D eigenvalue weighted by atomic mass is 9.84. The van der Waals surface area contributed by atoms with Crippen LogP contribution in [0, 0.1) is 0 Å². The minimum absolute atomic E-state index is 0.0156. The van der Waals surface area contributed by atoms with E-state index in [0.29, 0.717) is 49.8 Å². The number of hydrogen-bond acceptors (Lipinski definition) is 4. The number of rotatable bonds is 5. The van der Waals surface area contributed by atoms with Gasteiger partial charge in [-0.1, -0.05) is 72.3 Å². The van der Waals surface area contributed by atoms with Gasteiger partial charge in [-0.2, -0.15) is 26.3 Å². The van der Waals surface area contributed by atoms with Gasteiger partial charge in [0.15, 0.2) is 0 Å². The summed E-state index contributed by atoms with van der Waals surface area (Å²) in [7, 11) is 0. The Bertz CT molecular complexity index is 1880. The van der Waals surface area contributed by atoms with Gasteiger partial charge in [-0.25, -0.2) is 4.79 Å². The van der Waals surface area contributed by atoms with Crippen molar-refractivity contribution in [2.45, 2.75) is 36.7 Å². The van der Waals surface area contributed by atoms with Crippen LogP contribution in [0.1, 0.15) is 56.4 Å². The first-order valence-electron chi connectivity index (χ1n) is 17.0. The maximum atomic E-state index is 13.6. The molecule has 2 saturated heterocycles. The summed E-state index contributed by atoms with van der Waals surface area (Å²) in [5.41, 5.74) is 1.58. The van der Waals surface area contributed by atoms with Gasteiger partial charge in [-0.15, -0.1) is 0 Å². The van der Waals surface area contributed by atoms with E-state index in [2.05, 4.69) is 29.2 Å². The molecule has 0 radical (unpaired) electrons. The third-order valence-corrected chi connectivity index (χ3v) is 10.6. The van der Waals surface area contributed by atoms with E-state index in [1.54, 1.807) is 17.0 Å². The summed E-state index contributed by atoms with van der Waals surface area (Å²) in [6.45, 7) is 2.20. The van der Waals surface area contributed by atoms with E-state index < -0.39 is 41.0 Å². The Morgan fingerprint density at radius 1 is 0.712 bits per heavy atom. The van der Waals surface area contributed by atoms with E-state index in [9.17, 15) is 35.9 Å². The van der Waals surface area contributed by atoms with Crippen molar-refractivity contribution < 1.29 is 40.7 Å². The van der Waals surface area contributed by atoms with Crippen molar-refractivity contribution in [1.82, 2.24) is 14.7 Å². The van der Waals surface area contributed by atoms with Crippen LogP contribution in [0.25, 0.3) is 11.1 Å². The summed E-state index contributed by atoms with van der Waals surface area (Å²) in [6.07, 6.45) is -10.1. The molecule has 0 aromatic heterocycles. The van der Waals surface area contributed by atoms with Crippen molar-refractivity contribution in [3.63, 3.8) is 0 Å². The molecule has 0 N–H and O–H groups in total. The van der Waals surface area contributed by atoms with Gasteiger partial charge < -0.3 is 14.5 Å². The first-order chi connectivity index (χ1) is 24.8. The van der Waals surface area contributed by atoms with Crippen LogP contribution in [0.2, 0.25) is 5.02 Å². The summed E-state index contributed by atoms with van der Waals surface area (Å²) in [5.74, 6) is -1.31. The molecule has 2 heterocycles. The highest BCUT2D eigenvalue weighted by Gasteiger charge is 2.41. The summed E-state index contributed by atoms with van der Waals surface area (Å²) in [5, 5.41) is 0.490. The normalized spacial score (nSPS) is 19.7. The standard InChI is InChI=1S/C39H34ClF6N3O3/c40-28-11-9-24(10-12-28)33-22-49(36(50)25-19-26(38(41,42)43)21-27(20-25)39(44,45)46)14-13-35(33)47-15-17-48(18-16-47)37(51)52-23-34-31-7-3-1-5-29(31)30-6-2-4-8-32(30)34/h1-12,19-21,33-35H,13-18,22-23H2. The molecule has 6 nitrogen and oxygen atoms in total. The van der Waals surface area contributed by atoms with Crippen LogP contribution in [0.3, 0.4) is 0 Å². The smallest absolute Gasteiger partial charge is 0.416 e. The van der Waals surface area contributed by atoms with Crippen LogP contribution in [0.15, 0.2) is 91.0 Å². The number of ether oxygens (including phenoxy) is 1. The number of carbonyl (C=O) groups excluding carboxylic acids is 2. The Labute approximate surface area is 301 Å². The minimum Gasteiger partial charge on any atom is -0.448 e. The Morgan fingerprint density at radius 3 is 1.83 bits per heavy atom. The average Bonchev–Trinajstić information content (AvgIpc) is 3.46.